The van der Waals surface area contributed by atoms with E-state index in [9.17, 15) is 4.79 Å². The molecule has 1 fully saturated rings. The van der Waals surface area contributed by atoms with Crippen molar-refractivity contribution >= 4 is 5.78 Å². The molecule has 17 heavy (non-hydrogen) atoms. The van der Waals surface area contributed by atoms with E-state index in [0.717, 1.165) is 12.8 Å². The lowest BCUT2D eigenvalue weighted by Crippen LogP contribution is -2.18. The van der Waals surface area contributed by atoms with Crippen LogP contribution in [0.2, 0.25) is 0 Å². The number of ketones is 1. The standard InChI is InChI=1S/C16H22O/c17-16(13-14-9-5-4-6-10-14)15-11-7-2-1-3-8-12-15/h4-6,9-10,15H,1-3,7-8,11-13H2. The van der Waals surface area contributed by atoms with Gasteiger partial charge in [0.2, 0.25) is 0 Å². The SMILES string of the molecule is O=C(Cc1ccccc1)C1CCCCCCC1. The highest BCUT2D eigenvalue weighted by atomic mass is 16.1. The maximum Gasteiger partial charge on any atom is 0.140 e. The molecule has 0 aliphatic heterocycles. The van der Waals surface area contributed by atoms with Crippen LogP contribution >= 0.6 is 0 Å². The van der Waals surface area contributed by atoms with Gasteiger partial charge in [0, 0.05) is 12.3 Å². The summed E-state index contributed by atoms with van der Waals surface area (Å²) in [6, 6.07) is 10.1. The molecule has 1 nitrogen and oxygen atoms in total. The van der Waals surface area contributed by atoms with Crippen LogP contribution in [0.1, 0.15) is 50.5 Å². The number of Topliss-reactive ketones (excluding diaryl/α,β-unsaturated/α-hetero) is 1. The van der Waals surface area contributed by atoms with E-state index in [1.54, 1.807) is 0 Å². The third kappa shape index (κ3) is 3.99. The van der Waals surface area contributed by atoms with Crippen molar-refractivity contribution in [1.82, 2.24) is 0 Å². The van der Waals surface area contributed by atoms with E-state index in [1.807, 2.05) is 18.2 Å². The molecular weight excluding hydrogens is 208 g/mol. The van der Waals surface area contributed by atoms with Crippen molar-refractivity contribution < 1.29 is 4.79 Å². The zero-order valence-corrected chi connectivity index (χ0v) is 10.5. The molecule has 0 radical (unpaired) electrons. The topological polar surface area (TPSA) is 17.1 Å². The van der Waals surface area contributed by atoms with Gasteiger partial charge >= 0.3 is 0 Å². The number of benzene rings is 1. The first-order chi connectivity index (χ1) is 8.36. The van der Waals surface area contributed by atoms with Crippen LogP contribution in [0.5, 0.6) is 0 Å². The average molecular weight is 230 g/mol. The van der Waals surface area contributed by atoms with E-state index in [-0.39, 0.29) is 0 Å². The first kappa shape index (κ1) is 12.3. The van der Waals surface area contributed by atoms with Gasteiger partial charge in [0.25, 0.3) is 0 Å². The molecule has 0 unspecified atom stereocenters. The van der Waals surface area contributed by atoms with Crippen molar-refractivity contribution in [3.05, 3.63) is 35.9 Å². The summed E-state index contributed by atoms with van der Waals surface area (Å²) < 4.78 is 0. The largest absolute Gasteiger partial charge is 0.299 e. The summed E-state index contributed by atoms with van der Waals surface area (Å²) in [4.78, 5) is 12.2. The van der Waals surface area contributed by atoms with Crippen LogP contribution in [0.15, 0.2) is 30.3 Å². The fourth-order valence-corrected chi connectivity index (χ4v) is 2.72. The molecule has 0 heterocycles. The fourth-order valence-electron chi connectivity index (χ4n) is 2.72. The van der Waals surface area contributed by atoms with Crippen LogP contribution in [-0.4, -0.2) is 5.78 Å². The smallest absolute Gasteiger partial charge is 0.140 e. The van der Waals surface area contributed by atoms with Gasteiger partial charge in [0.15, 0.2) is 0 Å². The Balaban J connectivity index is 1.89. The van der Waals surface area contributed by atoms with Crippen LogP contribution in [0.3, 0.4) is 0 Å². The third-order valence-corrected chi connectivity index (χ3v) is 3.78. The molecule has 0 saturated heterocycles. The molecule has 1 saturated carbocycles. The summed E-state index contributed by atoms with van der Waals surface area (Å²) in [5.41, 5.74) is 1.17. The van der Waals surface area contributed by atoms with Gasteiger partial charge in [-0.15, -0.1) is 0 Å². The molecule has 0 bridgehead atoms. The van der Waals surface area contributed by atoms with Gasteiger partial charge in [0.1, 0.15) is 5.78 Å². The van der Waals surface area contributed by atoms with E-state index in [1.165, 1.54) is 37.7 Å². The number of hydrogen-bond acceptors (Lipinski definition) is 1. The van der Waals surface area contributed by atoms with E-state index in [0.29, 0.717) is 18.1 Å². The Bertz CT molecular complexity index is 334. The molecule has 1 heteroatoms. The van der Waals surface area contributed by atoms with Crippen molar-refractivity contribution in [2.24, 2.45) is 5.92 Å². The maximum absolute atomic E-state index is 12.2. The van der Waals surface area contributed by atoms with Gasteiger partial charge in [-0.1, -0.05) is 62.4 Å². The van der Waals surface area contributed by atoms with Gasteiger partial charge in [-0.2, -0.15) is 0 Å². The molecule has 1 aliphatic carbocycles. The van der Waals surface area contributed by atoms with Crippen molar-refractivity contribution in [3.63, 3.8) is 0 Å². The lowest BCUT2D eigenvalue weighted by atomic mass is 9.86. The summed E-state index contributed by atoms with van der Waals surface area (Å²) in [6.07, 6.45) is 9.34. The summed E-state index contributed by atoms with van der Waals surface area (Å²) in [6.45, 7) is 0. The van der Waals surface area contributed by atoms with Crippen LogP contribution < -0.4 is 0 Å². The number of carbonyl (C=O) groups is 1. The van der Waals surface area contributed by atoms with Crippen LogP contribution in [0, 0.1) is 5.92 Å². The van der Waals surface area contributed by atoms with Gasteiger partial charge < -0.3 is 0 Å². The Morgan fingerprint density at radius 2 is 1.53 bits per heavy atom. The van der Waals surface area contributed by atoms with Crippen molar-refractivity contribution in [2.75, 3.05) is 0 Å². The second-order valence-electron chi connectivity index (χ2n) is 5.17. The zero-order chi connectivity index (χ0) is 11.9. The Labute approximate surface area is 104 Å². The second kappa shape index (κ2) is 6.58. The minimum Gasteiger partial charge on any atom is -0.299 e. The molecule has 0 aromatic heterocycles. The minimum absolute atomic E-state index is 0.329. The predicted molar refractivity (Wildman–Crippen MR) is 71.0 cm³/mol. The number of rotatable bonds is 3. The molecule has 0 atom stereocenters. The normalized spacial score (nSPS) is 18.4. The number of carbonyl (C=O) groups excluding carboxylic acids is 1. The molecule has 0 N–H and O–H groups in total. The van der Waals surface area contributed by atoms with Gasteiger partial charge in [-0.05, 0) is 18.4 Å². The Morgan fingerprint density at radius 3 is 2.18 bits per heavy atom. The summed E-state index contributed by atoms with van der Waals surface area (Å²) in [7, 11) is 0. The Morgan fingerprint density at radius 1 is 0.941 bits per heavy atom. The predicted octanol–water partition coefficient (Wildman–Crippen LogP) is 4.16. The maximum atomic E-state index is 12.2. The first-order valence-corrected chi connectivity index (χ1v) is 6.93. The van der Waals surface area contributed by atoms with Crippen molar-refractivity contribution in [1.29, 1.82) is 0 Å². The van der Waals surface area contributed by atoms with Gasteiger partial charge in [0.05, 0.1) is 0 Å². The fraction of sp³-hybridized carbons (Fsp3) is 0.562. The quantitative estimate of drug-likeness (QED) is 0.762. The third-order valence-electron chi connectivity index (χ3n) is 3.78. The molecule has 0 spiro atoms. The molecule has 1 aromatic rings. The highest BCUT2D eigenvalue weighted by Gasteiger charge is 2.19. The van der Waals surface area contributed by atoms with Crippen LogP contribution in [0.25, 0.3) is 0 Å². The lowest BCUT2D eigenvalue weighted by Gasteiger charge is -2.18. The van der Waals surface area contributed by atoms with E-state index in [2.05, 4.69) is 12.1 Å². The Hall–Kier alpha value is -1.11. The van der Waals surface area contributed by atoms with Gasteiger partial charge in [-0.3, -0.25) is 4.79 Å². The van der Waals surface area contributed by atoms with E-state index < -0.39 is 0 Å². The number of hydrogen-bond donors (Lipinski definition) is 0. The second-order valence-corrected chi connectivity index (χ2v) is 5.17. The summed E-state index contributed by atoms with van der Waals surface area (Å²) >= 11 is 0. The molecule has 1 aromatic carbocycles. The Kier molecular flexibility index (Phi) is 4.78. The molecule has 0 amide bonds. The minimum atomic E-state index is 0.329. The molecule has 92 valence electrons. The molecule has 2 rings (SSSR count). The average Bonchev–Trinajstić information content (AvgIpc) is 2.29. The molecular formula is C16H22O. The van der Waals surface area contributed by atoms with Crippen LogP contribution in [-0.2, 0) is 11.2 Å². The molecule has 1 aliphatic rings. The van der Waals surface area contributed by atoms with Gasteiger partial charge in [-0.25, -0.2) is 0 Å². The van der Waals surface area contributed by atoms with Crippen molar-refractivity contribution in [3.8, 4) is 0 Å². The lowest BCUT2D eigenvalue weighted by molar-refractivity contribution is -0.122. The van der Waals surface area contributed by atoms with Crippen LogP contribution in [0.4, 0.5) is 0 Å². The van der Waals surface area contributed by atoms with Crippen molar-refractivity contribution in [2.45, 2.75) is 51.4 Å². The summed E-state index contributed by atoms with van der Waals surface area (Å²) in [5, 5.41) is 0. The monoisotopic (exact) mass is 230 g/mol. The highest BCUT2D eigenvalue weighted by Crippen LogP contribution is 2.24. The summed E-state index contributed by atoms with van der Waals surface area (Å²) in [5.74, 6) is 0.786. The highest BCUT2D eigenvalue weighted by molar-refractivity contribution is 5.83. The van der Waals surface area contributed by atoms with E-state index >= 15 is 0 Å². The van der Waals surface area contributed by atoms with E-state index in [4.69, 9.17) is 0 Å². The first-order valence-electron chi connectivity index (χ1n) is 6.93. The zero-order valence-electron chi connectivity index (χ0n) is 10.5.